The van der Waals surface area contributed by atoms with Crippen molar-refractivity contribution in [3.05, 3.63) is 34.9 Å². The lowest BCUT2D eigenvalue weighted by atomic mass is 10.0. The van der Waals surface area contributed by atoms with E-state index in [1.807, 2.05) is 0 Å². The third-order valence-corrected chi connectivity index (χ3v) is 4.11. The Hall–Kier alpha value is -0.900. The first-order valence-electron chi connectivity index (χ1n) is 5.21. The summed E-state index contributed by atoms with van der Waals surface area (Å²) in [5.74, 6) is -0.616. The van der Waals surface area contributed by atoms with Crippen LogP contribution in [0.3, 0.4) is 0 Å². The summed E-state index contributed by atoms with van der Waals surface area (Å²) in [7, 11) is 0. The molecule has 1 aliphatic rings. The van der Waals surface area contributed by atoms with Gasteiger partial charge in [-0.1, -0.05) is 0 Å². The van der Waals surface area contributed by atoms with Crippen molar-refractivity contribution in [3.8, 4) is 0 Å². The predicted molar refractivity (Wildman–Crippen MR) is 60.9 cm³/mol. The van der Waals surface area contributed by atoms with E-state index in [0.717, 1.165) is 24.7 Å². The smallest absolute Gasteiger partial charge is 0.178 e. The SMILES string of the molecule is Cc1cc(C(=O)C2CCCS2)c(F)cc1F. The Morgan fingerprint density at radius 3 is 2.75 bits per heavy atom. The quantitative estimate of drug-likeness (QED) is 0.740. The summed E-state index contributed by atoms with van der Waals surface area (Å²) in [4.78, 5) is 11.9. The molecule has 1 aromatic rings. The van der Waals surface area contributed by atoms with Crippen LogP contribution in [-0.4, -0.2) is 16.8 Å². The van der Waals surface area contributed by atoms with E-state index >= 15 is 0 Å². The Labute approximate surface area is 97.2 Å². The van der Waals surface area contributed by atoms with Crippen LogP contribution in [0, 0.1) is 18.6 Å². The number of rotatable bonds is 2. The van der Waals surface area contributed by atoms with Gasteiger partial charge in [-0.2, -0.15) is 11.8 Å². The highest BCUT2D eigenvalue weighted by Crippen LogP contribution is 2.30. The fourth-order valence-electron chi connectivity index (χ4n) is 1.80. The molecule has 4 heteroatoms. The van der Waals surface area contributed by atoms with Gasteiger partial charge in [0, 0.05) is 6.07 Å². The van der Waals surface area contributed by atoms with E-state index in [9.17, 15) is 13.6 Å². The maximum atomic E-state index is 13.5. The fraction of sp³-hybridized carbons (Fsp3) is 0.417. The molecule has 0 saturated carbocycles. The van der Waals surface area contributed by atoms with Gasteiger partial charge in [0.2, 0.25) is 0 Å². The number of Topliss-reactive ketones (excluding diaryl/α,β-unsaturated/α-hetero) is 1. The Kier molecular flexibility index (Phi) is 3.28. The second-order valence-corrected chi connectivity index (χ2v) is 5.26. The van der Waals surface area contributed by atoms with Crippen LogP contribution in [0.5, 0.6) is 0 Å². The van der Waals surface area contributed by atoms with Gasteiger partial charge in [-0.15, -0.1) is 0 Å². The summed E-state index contributed by atoms with van der Waals surface area (Å²) in [5.41, 5.74) is 0.339. The zero-order chi connectivity index (χ0) is 11.7. The van der Waals surface area contributed by atoms with Crippen LogP contribution in [0.2, 0.25) is 0 Å². The molecule has 1 nitrogen and oxygen atoms in total. The van der Waals surface area contributed by atoms with E-state index in [0.29, 0.717) is 5.56 Å². The monoisotopic (exact) mass is 242 g/mol. The Morgan fingerprint density at radius 1 is 1.38 bits per heavy atom. The average molecular weight is 242 g/mol. The van der Waals surface area contributed by atoms with E-state index in [-0.39, 0.29) is 16.6 Å². The minimum Gasteiger partial charge on any atom is -0.293 e. The molecule has 1 fully saturated rings. The van der Waals surface area contributed by atoms with E-state index in [1.54, 1.807) is 11.8 Å². The van der Waals surface area contributed by atoms with E-state index in [4.69, 9.17) is 0 Å². The largest absolute Gasteiger partial charge is 0.293 e. The van der Waals surface area contributed by atoms with Gasteiger partial charge < -0.3 is 0 Å². The normalized spacial score (nSPS) is 20.1. The Morgan fingerprint density at radius 2 is 2.12 bits per heavy atom. The summed E-state index contributed by atoms with van der Waals surface area (Å²) >= 11 is 1.55. The molecule has 1 unspecified atom stereocenters. The van der Waals surface area contributed by atoms with Gasteiger partial charge in [-0.25, -0.2) is 8.78 Å². The number of ketones is 1. The van der Waals surface area contributed by atoms with Crippen molar-refractivity contribution in [2.24, 2.45) is 0 Å². The van der Waals surface area contributed by atoms with Crippen LogP contribution in [0.4, 0.5) is 8.78 Å². The summed E-state index contributed by atoms with van der Waals surface area (Å²) in [6, 6.07) is 2.11. The lowest BCUT2D eigenvalue weighted by Gasteiger charge is -2.09. The standard InChI is InChI=1S/C12H12F2OS/c1-7-5-8(10(14)6-9(7)13)12(15)11-3-2-4-16-11/h5-6,11H,2-4H2,1H3. The van der Waals surface area contributed by atoms with E-state index < -0.39 is 11.6 Å². The van der Waals surface area contributed by atoms with Crippen LogP contribution in [-0.2, 0) is 0 Å². The number of hydrogen-bond acceptors (Lipinski definition) is 2. The molecular weight excluding hydrogens is 230 g/mol. The summed E-state index contributed by atoms with van der Waals surface area (Å²) < 4.78 is 26.5. The van der Waals surface area contributed by atoms with Crippen molar-refractivity contribution in [1.29, 1.82) is 0 Å². The topological polar surface area (TPSA) is 17.1 Å². The van der Waals surface area contributed by atoms with Crippen molar-refractivity contribution in [3.63, 3.8) is 0 Å². The van der Waals surface area contributed by atoms with Gasteiger partial charge in [-0.05, 0) is 37.1 Å². The first-order chi connectivity index (χ1) is 7.59. The molecule has 1 aliphatic heterocycles. The fourth-order valence-corrected chi connectivity index (χ4v) is 3.03. The van der Waals surface area contributed by atoms with Crippen molar-refractivity contribution in [2.75, 3.05) is 5.75 Å². The predicted octanol–water partition coefficient (Wildman–Crippen LogP) is 3.35. The van der Waals surface area contributed by atoms with Gasteiger partial charge in [-0.3, -0.25) is 4.79 Å². The highest BCUT2D eigenvalue weighted by Gasteiger charge is 2.27. The van der Waals surface area contributed by atoms with Crippen molar-refractivity contribution >= 4 is 17.5 Å². The molecule has 0 bridgehead atoms. The van der Waals surface area contributed by atoms with Gasteiger partial charge in [0.15, 0.2) is 5.78 Å². The van der Waals surface area contributed by atoms with E-state index in [1.165, 1.54) is 13.0 Å². The second-order valence-electron chi connectivity index (χ2n) is 3.95. The van der Waals surface area contributed by atoms with Crippen molar-refractivity contribution in [1.82, 2.24) is 0 Å². The van der Waals surface area contributed by atoms with Crippen molar-refractivity contribution < 1.29 is 13.6 Å². The van der Waals surface area contributed by atoms with Gasteiger partial charge >= 0.3 is 0 Å². The van der Waals surface area contributed by atoms with Crippen LogP contribution in [0.15, 0.2) is 12.1 Å². The van der Waals surface area contributed by atoms with Gasteiger partial charge in [0.25, 0.3) is 0 Å². The Balaban J connectivity index is 2.32. The van der Waals surface area contributed by atoms with Gasteiger partial charge in [0.05, 0.1) is 10.8 Å². The lowest BCUT2D eigenvalue weighted by molar-refractivity contribution is 0.0984. The third-order valence-electron chi connectivity index (χ3n) is 2.74. The zero-order valence-corrected chi connectivity index (χ0v) is 9.74. The van der Waals surface area contributed by atoms with Gasteiger partial charge in [0.1, 0.15) is 11.6 Å². The molecule has 0 radical (unpaired) electrons. The summed E-state index contributed by atoms with van der Waals surface area (Å²) in [6.07, 6.45) is 1.78. The summed E-state index contributed by atoms with van der Waals surface area (Å²) in [5, 5.41) is -0.153. The van der Waals surface area contributed by atoms with Crippen LogP contribution >= 0.6 is 11.8 Å². The van der Waals surface area contributed by atoms with E-state index in [2.05, 4.69) is 0 Å². The van der Waals surface area contributed by atoms with Crippen LogP contribution in [0.25, 0.3) is 0 Å². The lowest BCUT2D eigenvalue weighted by Crippen LogP contribution is -2.16. The molecule has 16 heavy (non-hydrogen) atoms. The third kappa shape index (κ3) is 2.12. The first kappa shape index (κ1) is 11.6. The molecule has 1 saturated heterocycles. The number of carbonyl (C=O) groups is 1. The maximum Gasteiger partial charge on any atom is 0.178 e. The molecule has 1 heterocycles. The molecule has 1 aromatic carbocycles. The molecule has 1 atom stereocenters. The highest BCUT2D eigenvalue weighted by atomic mass is 32.2. The number of aryl methyl sites for hydroxylation is 1. The van der Waals surface area contributed by atoms with Crippen molar-refractivity contribution in [2.45, 2.75) is 25.0 Å². The van der Waals surface area contributed by atoms with Crippen LogP contribution in [0.1, 0.15) is 28.8 Å². The number of hydrogen-bond donors (Lipinski definition) is 0. The molecule has 0 spiro atoms. The number of thioether (sulfide) groups is 1. The van der Waals surface area contributed by atoms with Crippen LogP contribution < -0.4 is 0 Å². The average Bonchev–Trinajstić information content (AvgIpc) is 2.75. The molecule has 0 amide bonds. The second kappa shape index (κ2) is 4.53. The summed E-state index contributed by atoms with van der Waals surface area (Å²) in [6.45, 7) is 1.54. The Bertz CT molecular complexity index is 425. The number of carbonyl (C=O) groups excluding carboxylic acids is 1. The molecule has 2 rings (SSSR count). The highest BCUT2D eigenvalue weighted by molar-refractivity contribution is 8.00. The maximum absolute atomic E-state index is 13.5. The zero-order valence-electron chi connectivity index (χ0n) is 8.93. The molecular formula is C12H12F2OS. The first-order valence-corrected chi connectivity index (χ1v) is 6.26. The molecule has 0 aliphatic carbocycles. The molecule has 86 valence electrons. The minimum atomic E-state index is -0.749. The molecule has 0 N–H and O–H groups in total. The number of benzene rings is 1. The minimum absolute atomic E-state index is 0.0262. The number of halogens is 2. The molecule has 0 aromatic heterocycles.